The largest absolute Gasteiger partial charge is 0.508 e. The van der Waals surface area contributed by atoms with Crippen LogP contribution in [0.3, 0.4) is 0 Å². The standard InChI is InChI=1S/C22H29FN2O2/c1-2-25(19-7-6-8-20(26)16-19)17-18-9-10-22(21(23)15-18)27-14-13-24-11-4-3-5-12-24/h6-10,15-16,26H,2-5,11-14,17H2,1H3. The topological polar surface area (TPSA) is 35.9 Å². The fourth-order valence-corrected chi connectivity index (χ4v) is 3.52. The first-order valence-corrected chi connectivity index (χ1v) is 9.83. The first-order valence-electron chi connectivity index (χ1n) is 9.83. The van der Waals surface area contributed by atoms with Gasteiger partial charge in [-0.15, -0.1) is 0 Å². The highest BCUT2D eigenvalue weighted by Crippen LogP contribution is 2.24. The summed E-state index contributed by atoms with van der Waals surface area (Å²) >= 11 is 0. The number of piperidine rings is 1. The summed E-state index contributed by atoms with van der Waals surface area (Å²) in [7, 11) is 0. The molecule has 146 valence electrons. The van der Waals surface area contributed by atoms with Crippen LogP contribution in [-0.4, -0.2) is 42.8 Å². The van der Waals surface area contributed by atoms with Crippen LogP contribution in [-0.2, 0) is 6.54 Å². The van der Waals surface area contributed by atoms with E-state index in [1.807, 2.05) is 25.1 Å². The molecule has 1 N–H and O–H groups in total. The smallest absolute Gasteiger partial charge is 0.165 e. The van der Waals surface area contributed by atoms with E-state index < -0.39 is 0 Å². The third kappa shape index (κ3) is 5.60. The van der Waals surface area contributed by atoms with Gasteiger partial charge < -0.3 is 14.7 Å². The summed E-state index contributed by atoms with van der Waals surface area (Å²) in [5, 5.41) is 9.67. The summed E-state index contributed by atoms with van der Waals surface area (Å²) in [5.74, 6) is 0.226. The summed E-state index contributed by atoms with van der Waals surface area (Å²) < 4.78 is 20.1. The average Bonchev–Trinajstić information content (AvgIpc) is 2.68. The zero-order valence-electron chi connectivity index (χ0n) is 16.0. The van der Waals surface area contributed by atoms with Gasteiger partial charge in [-0.25, -0.2) is 4.39 Å². The first kappa shape index (κ1) is 19.5. The van der Waals surface area contributed by atoms with Crippen molar-refractivity contribution in [2.45, 2.75) is 32.7 Å². The van der Waals surface area contributed by atoms with E-state index in [1.165, 1.54) is 19.3 Å². The highest BCUT2D eigenvalue weighted by atomic mass is 19.1. The lowest BCUT2D eigenvalue weighted by Gasteiger charge is -2.26. The Kier molecular flexibility index (Phi) is 6.93. The molecular formula is C22H29FN2O2. The van der Waals surface area contributed by atoms with E-state index in [1.54, 1.807) is 24.3 Å². The first-order chi connectivity index (χ1) is 13.2. The van der Waals surface area contributed by atoms with E-state index in [0.29, 0.717) is 18.9 Å². The molecule has 0 amide bonds. The maximum atomic E-state index is 14.4. The van der Waals surface area contributed by atoms with E-state index in [9.17, 15) is 9.50 Å². The zero-order valence-corrected chi connectivity index (χ0v) is 16.0. The van der Waals surface area contributed by atoms with Crippen molar-refractivity contribution in [2.75, 3.05) is 37.7 Å². The molecule has 5 heteroatoms. The van der Waals surface area contributed by atoms with Crippen LogP contribution in [0.15, 0.2) is 42.5 Å². The number of aromatic hydroxyl groups is 1. The molecule has 1 saturated heterocycles. The Bertz CT molecular complexity index is 732. The minimum absolute atomic E-state index is 0.231. The third-order valence-electron chi connectivity index (χ3n) is 5.06. The summed E-state index contributed by atoms with van der Waals surface area (Å²) in [6.07, 6.45) is 3.80. The van der Waals surface area contributed by atoms with Crippen LogP contribution in [0.2, 0.25) is 0 Å². The second-order valence-corrected chi connectivity index (χ2v) is 7.05. The van der Waals surface area contributed by atoms with Crippen molar-refractivity contribution in [3.05, 3.63) is 53.8 Å². The van der Waals surface area contributed by atoms with Crippen molar-refractivity contribution in [2.24, 2.45) is 0 Å². The second-order valence-electron chi connectivity index (χ2n) is 7.05. The Hall–Kier alpha value is -2.27. The van der Waals surface area contributed by atoms with Crippen molar-refractivity contribution in [3.8, 4) is 11.5 Å². The molecule has 2 aromatic rings. The van der Waals surface area contributed by atoms with Gasteiger partial charge in [0.25, 0.3) is 0 Å². The van der Waals surface area contributed by atoms with Gasteiger partial charge in [0, 0.05) is 31.4 Å². The highest BCUT2D eigenvalue weighted by Gasteiger charge is 2.12. The third-order valence-corrected chi connectivity index (χ3v) is 5.06. The molecule has 0 atom stereocenters. The molecule has 0 radical (unpaired) electrons. The second kappa shape index (κ2) is 9.60. The van der Waals surface area contributed by atoms with Crippen LogP contribution in [0.1, 0.15) is 31.7 Å². The summed E-state index contributed by atoms with van der Waals surface area (Å²) in [4.78, 5) is 4.47. The number of hydrogen-bond donors (Lipinski definition) is 1. The number of ether oxygens (including phenoxy) is 1. The monoisotopic (exact) mass is 372 g/mol. The lowest BCUT2D eigenvalue weighted by Crippen LogP contribution is -2.33. The quantitative estimate of drug-likeness (QED) is 0.744. The number of hydrogen-bond acceptors (Lipinski definition) is 4. The molecule has 1 aliphatic rings. The molecule has 1 heterocycles. The summed E-state index contributed by atoms with van der Waals surface area (Å²) in [6, 6.07) is 12.3. The number of rotatable bonds is 8. The number of benzene rings is 2. The van der Waals surface area contributed by atoms with Crippen LogP contribution in [0.25, 0.3) is 0 Å². The van der Waals surface area contributed by atoms with Crippen LogP contribution >= 0.6 is 0 Å². The lowest BCUT2D eigenvalue weighted by atomic mass is 10.1. The summed E-state index contributed by atoms with van der Waals surface area (Å²) in [6.45, 7) is 6.98. The van der Waals surface area contributed by atoms with Crippen molar-refractivity contribution >= 4 is 5.69 Å². The molecule has 0 saturated carbocycles. The molecule has 3 rings (SSSR count). The molecular weight excluding hydrogens is 343 g/mol. The van der Waals surface area contributed by atoms with Crippen LogP contribution in [0.5, 0.6) is 11.5 Å². The highest BCUT2D eigenvalue weighted by molar-refractivity contribution is 5.50. The Morgan fingerprint density at radius 3 is 2.63 bits per heavy atom. The van der Waals surface area contributed by atoms with Gasteiger partial charge >= 0.3 is 0 Å². The Labute approximate surface area is 161 Å². The molecule has 0 aliphatic carbocycles. The number of phenolic OH excluding ortho intramolecular Hbond substituents is 1. The average molecular weight is 372 g/mol. The molecule has 0 bridgehead atoms. The number of phenols is 1. The van der Waals surface area contributed by atoms with Crippen molar-refractivity contribution < 1.29 is 14.2 Å². The van der Waals surface area contributed by atoms with E-state index in [0.717, 1.165) is 37.4 Å². The number of nitrogens with zero attached hydrogens (tertiary/aromatic N) is 2. The van der Waals surface area contributed by atoms with E-state index in [2.05, 4.69) is 9.80 Å². The van der Waals surface area contributed by atoms with Gasteiger partial charge in [0.2, 0.25) is 0 Å². The predicted octanol–water partition coefficient (Wildman–Crippen LogP) is 4.42. The fraction of sp³-hybridized carbons (Fsp3) is 0.455. The van der Waals surface area contributed by atoms with E-state index in [-0.39, 0.29) is 11.6 Å². The zero-order chi connectivity index (χ0) is 19.1. The number of halogens is 1. The van der Waals surface area contributed by atoms with Gasteiger partial charge in [0.05, 0.1) is 0 Å². The number of anilines is 1. The maximum Gasteiger partial charge on any atom is 0.165 e. The van der Waals surface area contributed by atoms with Crippen LogP contribution < -0.4 is 9.64 Å². The van der Waals surface area contributed by atoms with Gasteiger partial charge in [-0.3, -0.25) is 4.90 Å². The number of likely N-dealkylation sites (tertiary alicyclic amines) is 1. The molecule has 0 aromatic heterocycles. The Balaban J connectivity index is 1.56. The summed E-state index contributed by atoms with van der Waals surface area (Å²) in [5.41, 5.74) is 1.79. The van der Waals surface area contributed by atoms with E-state index >= 15 is 0 Å². The van der Waals surface area contributed by atoms with E-state index in [4.69, 9.17) is 4.74 Å². The molecule has 27 heavy (non-hydrogen) atoms. The SMILES string of the molecule is CCN(Cc1ccc(OCCN2CCCCC2)c(F)c1)c1cccc(O)c1. The van der Waals surface area contributed by atoms with Crippen molar-refractivity contribution in [3.63, 3.8) is 0 Å². The van der Waals surface area contributed by atoms with Crippen LogP contribution in [0, 0.1) is 5.82 Å². The molecule has 2 aromatic carbocycles. The fourth-order valence-electron chi connectivity index (χ4n) is 3.52. The van der Waals surface area contributed by atoms with Gasteiger partial charge in [-0.05, 0) is 62.7 Å². The molecule has 0 spiro atoms. The Morgan fingerprint density at radius 2 is 1.93 bits per heavy atom. The molecule has 4 nitrogen and oxygen atoms in total. The van der Waals surface area contributed by atoms with Crippen LogP contribution in [0.4, 0.5) is 10.1 Å². The normalized spacial score (nSPS) is 14.9. The van der Waals surface area contributed by atoms with Gasteiger partial charge in [0.15, 0.2) is 11.6 Å². The minimum Gasteiger partial charge on any atom is -0.508 e. The lowest BCUT2D eigenvalue weighted by molar-refractivity contribution is 0.180. The van der Waals surface area contributed by atoms with Crippen molar-refractivity contribution in [1.29, 1.82) is 0 Å². The molecule has 1 aliphatic heterocycles. The van der Waals surface area contributed by atoms with Gasteiger partial charge in [-0.2, -0.15) is 0 Å². The van der Waals surface area contributed by atoms with Gasteiger partial charge in [0.1, 0.15) is 12.4 Å². The Morgan fingerprint density at radius 1 is 1.11 bits per heavy atom. The maximum absolute atomic E-state index is 14.4. The molecule has 1 fully saturated rings. The van der Waals surface area contributed by atoms with Crippen molar-refractivity contribution in [1.82, 2.24) is 4.90 Å². The minimum atomic E-state index is -0.321. The molecule has 0 unspecified atom stereocenters. The predicted molar refractivity (Wildman–Crippen MR) is 107 cm³/mol. The van der Waals surface area contributed by atoms with Gasteiger partial charge in [-0.1, -0.05) is 18.6 Å².